The van der Waals surface area contributed by atoms with E-state index in [0.29, 0.717) is 17.2 Å². The molecule has 0 radical (unpaired) electrons. The summed E-state index contributed by atoms with van der Waals surface area (Å²) in [5.41, 5.74) is 13.6. The first-order valence-electron chi connectivity index (χ1n) is 18.4. The van der Waals surface area contributed by atoms with E-state index in [2.05, 4.69) is 72.8 Å². The molecule has 0 aliphatic rings. The Morgan fingerprint density at radius 1 is 0.268 bits per heavy atom. The predicted molar refractivity (Wildman–Crippen MR) is 226 cm³/mol. The minimum Gasteiger partial charge on any atom is -0.228 e. The van der Waals surface area contributed by atoms with Crippen molar-refractivity contribution in [2.24, 2.45) is 0 Å². The highest BCUT2D eigenvalue weighted by Crippen LogP contribution is 2.35. The molecule has 0 amide bonds. The van der Waals surface area contributed by atoms with Crippen LogP contribution in [0, 0.1) is 11.3 Å². The fourth-order valence-electron chi connectivity index (χ4n) is 6.88. The van der Waals surface area contributed by atoms with E-state index in [1.165, 1.54) is 0 Å². The molecule has 56 heavy (non-hydrogen) atoms. The van der Waals surface area contributed by atoms with Crippen LogP contribution < -0.4 is 0 Å². The predicted octanol–water partition coefficient (Wildman–Crippen LogP) is 12.5. The number of nitriles is 1. The molecular formula is C51H33N5. The van der Waals surface area contributed by atoms with Crippen LogP contribution in [0.1, 0.15) is 5.56 Å². The average molecular weight is 716 g/mol. The van der Waals surface area contributed by atoms with E-state index >= 15 is 0 Å². The lowest BCUT2D eigenvalue weighted by molar-refractivity contribution is 1.18. The highest BCUT2D eigenvalue weighted by atomic mass is 14.9. The van der Waals surface area contributed by atoms with Gasteiger partial charge in [-0.1, -0.05) is 158 Å². The van der Waals surface area contributed by atoms with Gasteiger partial charge in [0.25, 0.3) is 0 Å². The van der Waals surface area contributed by atoms with Crippen molar-refractivity contribution >= 4 is 0 Å². The molecule has 0 saturated carbocycles. The van der Waals surface area contributed by atoms with E-state index in [9.17, 15) is 5.26 Å². The molecule has 0 aliphatic heterocycles. The number of nitrogens with zero attached hydrogens (tertiary/aromatic N) is 5. The maximum absolute atomic E-state index is 10.2. The molecule has 0 fully saturated rings. The molecule has 0 spiro atoms. The summed E-state index contributed by atoms with van der Waals surface area (Å²) in [6.45, 7) is 0. The summed E-state index contributed by atoms with van der Waals surface area (Å²) in [5, 5.41) is 10.2. The monoisotopic (exact) mass is 715 g/mol. The van der Waals surface area contributed by atoms with Crippen molar-refractivity contribution < 1.29 is 0 Å². The van der Waals surface area contributed by atoms with Crippen molar-refractivity contribution in [1.82, 2.24) is 19.9 Å². The molecule has 2 heterocycles. The van der Waals surface area contributed by atoms with Gasteiger partial charge < -0.3 is 0 Å². The third-order valence-corrected chi connectivity index (χ3v) is 9.70. The summed E-state index contributed by atoms with van der Waals surface area (Å²) < 4.78 is 0. The van der Waals surface area contributed by atoms with Gasteiger partial charge in [0.15, 0.2) is 11.6 Å². The maximum Gasteiger partial charge on any atom is 0.160 e. The molecule has 9 aromatic rings. The van der Waals surface area contributed by atoms with E-state index in [-0.39, 0.29) is 0 Å². The number of benzene rings is 7. The first kappa shape index (κ1) is 34.0. The molecule has 0 N–H and O–H groups in total. The third kappa shape index (κ3) is 7.23. The average Bonchev–Trinajstić information content (AvgIpc) is 3.30. The fraction of sp³-hybridized carbons (Fsp3) is 0. The molecule has 0 saturated heterocycles. The van der Waals surface area contributed by atoms with Gasteiger partial charge in [0, 0.05) is 33.4 Å². The lowest BCUT2D eigenvalue weighted by Gasteiger charge is -2.12. The van der Waals surface area contributed by atoms with Gasteiger partial charge in [-0.25, -0.2) is 19.9 Å². The minimum absolute atomic E-state index is 0.577. The van der Waals surface area contributed by atoms with Gasteiger partial charge in [0.1, 0.15) is 0 Å². The van der Waals surface area contributed by atoms with Crippen LogP contribution in [0.15, 0.2) is 200 Å². The lowest BCUT2D eigenvalue weighted by atomic mass is 9.94. The van der Waals surface area contributed by atoms with Gasteiger partial charge in [0.2, 0.25) is 0 Å². The van der Waals surface area contributed by atoms with Gasteiger partial charge in [-0.3, -0.25) is 0 Å². The number of hydrogen-bond donors (Lipinski definition) is 0. The second kappa shape index (κ2) is 15.3. The fourth-order valence-corrected chi connectivity index (χ4v) is 6.88. The number of aromatic nitrogens is 4. The molecule has 5 nitrogen and oxygen atoms in total. The van der Waals surface area contributed by atoms with E-state index in [0.717, 1.165) is 78.4 Å². The molecule has 2 aromatic heterocycles. The highest BCUT2D eigenvalue weighted by molar-refractivity contribution is 5.81. The molecule has 262 valence electrons. The van der Waals surface area contributed by atoms with Crippen LogP contribution in [0.3, 0.4) is 0 Å². The first-order valence-corrected chi connectivity index (χ1v) is 18.4. The SMILES string of the molecule is N#Cc1cc(-c2cccc(-c3cc(-c4ccccc4)nc(-c4ccccc4)n3)c2)cc(-c2cccc(-c3cc(-c4ccccc4)nc(-c4ccccc4)n3)c2)c1. The van der Waals surface area contributed by atoms with Crippen LogP contribution in [0.2, 0.25) is 0 Å². The summed E-state index contributed by atoms with van der Waals surface area (Å²) >= 11 is 0. The summed E-state index contributed by atoms with van der Waals surface area (Å²) in [7, 11) is 0. The molecule has 0 bridgehead atoms. The summed E-state index contributed by atoms with van der Waals surface area (Å²) in [5.74, 6) is 1.33. The quantitative estimate of drug-likeness (QED) is 0.157. The van der Waals surface area contributed by atoms with Crippen LogP contribution in [0.25, 0.3) is 90.1 Å². The smallest absolute Gasteiger partial charge is 0.160 e. The highest BCUT2D eigenvalue weighted by Gasteiger charge is 2.14. The summed E-state index contributed by atoms with van der Waals surface area (Å²) in [4.78, 5) is 20.0. The second-order valence-electron chi connectivity index (χ2n) is 13.5. The lowest BCUT2D eigenvalue weighted by Crippen LogP contribution is -1.96. The Balaban J connectivity index is 1.11. The number of hydrogen-bond acceptors (Lipinski definition) is 5. The molecule has 0 aliphatic carbocycles. The van der Waals surface area contributed by atoms with Crippen molar-refractivity contribution in [1.29, 1.82) is 5.26 Å². The van der Waals surface area contributed by atoms with Crippen molar-refractivity contribution in [2.75, 3.05) is 0 Å². The van der Waals surface area contributed by atoms with Gasteiger partial charge in [0.05, 0.1) is 34.4 Å². The van der Waals surface area contributed by atoms with Crippen LogP contribution >= 0.6 is 0 Å². The van der Waals surface area contributed by atoms with E-state index in [4.69, 9.17) is 19.9 Å². The Bertz CT molecular complexity index is 2550. The molecule has 0 atom stereocenters. The van der Waals surface area contributed by atoms with Gasteiger partial charge in [-0.15, -0.1) is 0 Å². The third-order valence-electron chi connectivity index (χ3n) is 9.70. The topological polar surface area (TPSA) is 75.3 Å². The molecule has 9 rings (SSSR count). The van der Waals surface area contributed by atoms with Gasteiger partial charge >= 0.3 is 0 Å². The Labute approximate surface area is 326 Å². The summed E-state index contributed by atoms with van der Waals surface area (Å²) in [6, 6.07) is 69.7. The zero-order valence-electron chi connectivity index (χ0n) is 30.3. The summed E-state index contributed by atoms with van der Waals surface area (Å²) in [6.07, 6.45) is 0. The Kier molecular flexibility index (Phi) is 9.27. The minimum atomic E-state index is 0.577. The molecule has 0 unspecified atom stereocenters. The Morgan fingerprint density at radius 2 is 0.571 bits per heavy atom. The Morgan fingerprint density at radius 3 is 0.946 bits per heavy atom. The van der Waals surface area contributed by atoms with E-state index in [1.54, 1.807) is 0 Å². The zero-order chi connectivity index (χ0) is 37.7. The van der Waals surface area contributed by atoms with Crippen molar-refractivity contribution in [3.8, 4) is 96.1 Å². The zero-order valence-corrected chi connectivity index (χ0v) is 30.3. The molecule has 5 heteroatoms. The van der Waals surface area contributed by atoms with Crippen molar-refractivity contribution in [2.45, 2.75) is 0 Å². The van der Waals surface area contributed by atoms with Crippen molar-refractivity contribution in [3.05, 3.63) is 206 Å². The van der Waals surface area contributed by atoms with E-state index < -0.39 is 0 Å². The van der Waals surface area contributed by atoms with Crippen LogP contribution in [-0.2, 0) is 0 Å². The van der Waals surface area contributed by atoms with Crippen molar-refractivity contribution in [3.63, 3.8) is 0 Å². The maximum atomic E-state index is 10.2. The second-order valence-corrected chi connectivity index (χ2v) is 13.5. The normalized spacial score (nSPS) is 10.8. The first-order chi connectivity index (χ1) is 27.7. The van der Waals surface area contributed by atoms with Crippen LogP contribution in [0.4, 0.5) is 0 Å². The van der Waals surface area contributed by atoms with Crippen LogP contribution in [0.5, 0.6) is 0 Å². The Hall–Kier alpha value is -7.81. The standard InChI is InChI=1S/C51H33N5/c52-34-35-27-44(40-23-13-25-42(29-40)48-32-46(36-15-5-1-6-16-36)53-50(55-48)38-19-9-3-10-20-38)31-45(28-35)41-24-14-26-43(30-41)49-33-47(37-17-7-2-8-18-37)54-51(56-49)39-21-11-4-12-22-39/h1-33H. The largest absolute Gasteiger partial charge is 0.228 e. The van der Waals surface area contributed by atoms with Gasteiger partial charge in [-0.05, 0) is 64.7 Å². The van der Waals surface area contributed by atoms with E-state index in [1.807, 2.05) is 133 Å². The number of rotatable bonds is 8. The molecule has 7 aromatic carbocycles. The van der Waals surface area contributed by atoms with Crippen LogP contribution in [-0.4, -0.2) is 19.9 Å². The van der Waals surface area contributed by atoms with Gasteiger partial charge in [-0.2, -0.15) is 5.26 Å². The molecular weight excluding hydrogens is 683 g/mol.